The van der Waals surface area contributed by atoms with Gasteiger partial charge in [-0.05, 0) is 36.8 Å². The van der Waals surface area contributed by atoms with E-state index in [1.54, 1.807) is 43.4 Å². The summed E-state index contributed by atoms with van der Waals surface area (Å²) < 4.78 is 4.96. The molecule has 3 nitrogen and oxygen atoms in total. The number of methoxy groups -OCH3 is 1. The predicted molar refractivity (Wildman–Crippen MR) is 60.1 cm³/mol. The predicted octanol–water partition coefficient (Wildman–Crippen LogP) is 2.88. The Morgan fingerprint density at radius 2 is 2.13 bits per heavy atom. The molecule has 0 aromatic heterocycles. The van der Waals surface area contributed by atoms with E-state index in [1.807, 2.05) is 0 Å². The lowest BCUT2D eigenvalue weighted by molar-refractivity contribution is 0.373. The Hall–Kier alpha value is -1.90. The third kappa shape index (κ3) is 3.06. The largest absolute Gasteiger partial charge is 0.508 e. The summed E-state index contributed by atoms with van der Waals surface area (Å²) in [6, 6.07) is 4.97. The maximum Gasteiger partial charge on any atom is 0.161 e. The highest BCUT2D eigenvalue weighted by Gasteiger charge is 1.99. The Morgan fingerprint density at radius 3 is 2.73 bits per heavy atom. The lowest BCUT2D eigenvalue weighted by Gasteiger charge is -2.03. The summed E-state index contributed by atoms with van der Waals surface area (Å²) >= 11 is 0. The number of aliphatic hydroxyl groups excluding tert-OH is 1. The van der Waals surface area contributed by atoms with E-state index in [0.717, 1.165) is 5.56 Å². The second kappa shape index (κ2) is 5.10. The van der Waals surface area contributed by atoms with Crippen molar-refractivity contribution in [2.24, 2.45) is 0 Å². The van der Waals surface area contributed by atoms with E-state index in [2.05, 4.69) is 0 Å². The molecular weight excluding hydrogens is 192 g/mol. The summed E-state index contributed by atoms with van der Waals surface area (Å²) in [6.45, 7) is 1.75. The van der Waals surface area contributed by atoms with Crippen LogP contribution in [0.15, 0.2) is 36.1 Å². The van der Waals surface area contributed by atoms with Crippen molar-refractivity contribution in [3.8, 4) is 11.5 Å². The molecule has 0 spiro atoms. The van der Waals surface area contributed by atoms with Crippen LogP contribution in [0.3, 0.4) is 0 Å². The lowest BCUT2D eigenvalue weighted by Crippen LogP contribution is -1.84. The molecule has 1 aromatic carbocycles. The van der Waals surface area contributed by atoms with Gasteiger partial charge in [0.1, 0.15) is 5.76 Å². The Labute approximate surface area is 88.9 Å². The number of hydrogen-bond acceptors (Lipinski definition) is 3. The zero-order valence-electron chi connectivity index (χ0n) is 8.77. The van der Waals surface area contributed by atoms with Gasteiger partial charge in [-0.25, -0.2) is 0 Å². The van der Waals surface area contributed by atoms with Crippen molar-refractivity contribution in [2.45, 2.75) is 6.92 Å². The summed E-state index contributed by atoms with van der Waals surface area (Å²) in [7, 11) is 1.49. The first-order chi connectivity index (χ1) is 7.17. The fourth-order valence-electron chi connectivity index (χ4n) is 1.08. The van der Waals surface area contributed by atoms with Crippen LogP contribution in [0, 0.1) is 0 Å². The molecule has 0 saturated heterocycles. The van der Waals surface area contributed by atoms with Crippen LogP contribution in [0.5, 0.6) is 11.5 Å². The molecule has 3 heteroatoms. The first kappa shape index (κ1) is 11.2. The van der Waals surface area contributed by atoms with E-state index in [-0.39, 0.29) is 11.5 Å². The molecule has 0 aliphatic heterocycles. The van der Waals surface area contributed by atoms with Crippen LogP contribution in [0.25, 0.3) is 6.08 Å². The summed E-state index contributed by atoms with van der Waals surface area (Å²) in [4.78, 5) is 0. The van der Waals surface area contributed by atoms with Gasteiger partial charge in [-0.1, -0.05) is 12.1 Å². The van der Waals surface area contributed by atoms with Crippen LogP contribution in [-0.2, 0) is 0 Å². The molecule has 80 valence electrons. The van der Waals surface area contributed by atoms with E-state index in [4.69, 9.17) is 4.74 Å². The number of hydrogen-bond donors (Lipinski definition) is 2. The van der Waals surface area contributed by atoms with Crippen molar-refractivity contribution < 1.29 is 14.9 Å². The molecule has 0 aliphatic carbocycles. The number of allylic oxidation sites excluding steroid dienone is 2. The molecule has 0 heterocycles. The number of phenolic OH excluding ortho intramolecular Hbond substituents is 1. The number of rotatable bonds is 3. The first-order valence-electron chi connectivity index (χ1n) is 4.57. The molecule has 1 rings (SSSR count). The van der Waals surface area contributed by atoms with Crippen molar-refractivity contribution in [2.75, 3.05) is 7.11 Å². The van der Waals surface area contributed by atoms with Gasteiger partial charge in [0.05, 0.1) is 7.11 Å². The monoisotopic (exact) mass is 206 g/mol. The summed E-state index contributed by atoms with van der Waals surface area (Å²) in [5, 5.41) is 18.5. The number of phenols is 1. The maximum absolute atomic E-state index is 9.35. The molecule has 0 bridgehead atoms. The Bertz CT molecular complexity index is 392. The van der Waals surface area contributed by atoms with E-state index in [0.29, 0.717) is 5.75 Å². The Kier molecular flexibility index (Phi) is 3.80. The molecule has 0 radical (unpaired) electrons. The SMILES string of the molecule is C/C=C(O)/C=C/c1ccc(O)c(OC)c1. The van der Waals surface area contributed by atoms with Crippen molar-refractivity contribution in [3.05, 3.63) is 41.7 Å². The summed E-state index contributed by atoms with van der Waals surface area (Å²) in [5.41, 5.74) is 0.845. The van der Waals surface area contributed by atoms with Gasteiger partial charge < -0.3 is 14.9 Å². The molecule has 0 fully saturated rings. The molecule has 0 atom stereocenters. The average molecular weight is 206 g/mol. The van der Waals surface area contributed by atoms with Gasteiger partial charge in [0.25, 0.3) is 0 Å². The highest BCUT2D eigenvalue weighted by Crippen LogP contribution is 2.26. The minimum atomic E-state index is 0.102. The maximum atomic E-state index is 9.35. The molecule has 15 heavy (non-hydrogen) atoms. The second-order valence-electron chi connectivity index (χ2n) is 2.98. The minimum Gasteiger partial charge on any atom is -0.508 e. The zero-order valence-corrected chi connectivity index (χ0v) is 8.77. The number of benzene rings is 1. The van der Waals surface area contributed by atoms with Gasteiger partial charge in [0.15, 0.2) is 11.5 Å². The third-order valence-corrected chi connectivity index (χ3v) is 1.95. The number of aromatic hydroxyl groups is 1. The second-order valence-corrected chi connectivity index (χ2v) is 2.98. The van der Waals surface area contributed by atoms with Crippen molar-refractivity contribution >= 4 is 6.08 Å². The van der Waals surface area contributed by atoms with E-state index < -0.39 is 0 Å². The molecule has 0 unspecified atom stereocenters. The van der Waals surface area contributed by atoms with Crippen LogP contribution in [0.1, 0.15) is 12.5 Å². The van der Waals surface area contributed by atoms with Crippen LogP contribution in [0.2, 0.25) is 0 Å². The topological polar surface area (TPSA) is 49.7 Å². The van der Waals surface area contributed by atoms with Crippen LogP contribution in [-0.4, -0.2) is 17.3 Å². The molecule has 0 aliphatic rings. The highest BCUT2D eigenvalue weighted by atomic mass is 16.5. The molecule has 1 aromatic rings. The summed E-state index contributed by atoms with van der Waals surface area (Å²) in [5.74, 6) is 0.712. The minimum absolute atomic E-state index is 0.102. The van der Waals surface area contributed by atoms with Crippen molar-refractivity contribution in [1.29, 1.82) is 0 Å². The molecule has 2 N–H and O–H groups in total. The summed E-state index contributed by atoms with van der Waals surface area (Å²) in [6.07, 6.45) is 4.90. The van der Waals surface area contributed by atoms with Gasteiger partial charge in [0.2, 0.25) is 0 Å². The Balaban J connectivity index is 2.92. The third-order valence-electron chi connectivity index (χ3n) is 1.95. The van der Waals surface area contributed by atoms with Crippen LogP contribution >= 0.6 is 0 Å². The zero-order chi connectivity index (χ0) is 11.3. The van der Waals surface area contributed by atoms with Gasteiger partial charge in [-0.3, -0.25) is 0 Å². The fourth-order valence-corrected chi connectivity index (χ4v) is 1.08. The lowest BCUT2D eigenvalue weighted by atomic mass is 10.2. The van der Waals surface area contributed by atoms with E-state index in [9.17, 15) is 10.2 Å². The first-order valence-corrected chi connectivity index (χ1v) is 4.57. The normalized spacial score (nSPS) is 12.0. The molecule has 0 saturated carbocycles. The van der Waals surface area contributed by atoms with Gasteiger partial charge in [-0.15, -0.1) is 0 Å². The van der Waals surface area contributed by atoms with E-state index in [1.165, 1.54) is 7.11 Å². The van der Waals surface area contributed by atoms with Gasteiger partial charge in [0, 0.05) is 0 Å². The fraction of sp³-hybridized carbons (Fsp3) is 0.167. The quantitative estimate of drug-likeness (QED) is 0.590. The highest BCUT2D eigenvalue weighted by molar-refractivity contribution is 5.57. The van der Waals surface area contributed by atoms with Crippen molar-refractivity contribution in [3.63, 3.8) is 0 Å². The number of aliphatic hydroxyl groups is 1. The Morgan fingerprint density at radius 1 is 1.40 bits per heavy atom. The average Bonchev–Trinajstić information content (AvgIpc) is 2.27. The van der Waals surface area contributed by atoms with Gasteiger partial charge >= 0.3 is 0 Å². The molecule has 0 amide bonds. The standard InChI is InChI=1S/C12H14O3/c1-3-10(13)6-4-9-5-7-11(14)12(8-9)15-2/h3-8,13-14H,1-2H3/b6-4+,10-3-. The van der Waals surface area contributed by atoms with Crippen LogP contribution < -0.4 is 4.74 Å². The smallest absolute Gasteiger partial charge is 0.161 e. The van der Waals surface area contributed by atoms with Crippen LogP contribution in [0.4, 0.5) is 0 Å². The number of ether oxygens (including phenoxy) is 1. The van der Waals surface area contributed by atoms with Crippen molar-refractivity contribution in [1.82, 2.24) is 0 Å². The van der Waals surface area contributed by atoms with E-state index >= 15 is 0 Å². The van der Waals surface area contributed by atoms with Gasteiger partial charge in [-0.2, -0.15) is 0 Å². The molecular formula is C12H14O3.